The van der Waals surface area contributed by atoms with Crippen molar-refractivity contribution in [1.82, 2.24) is 4.90 Å². The summed E-state index contributed by atoms with van der Waals surface area (Å²) in [5, 5.41) is 12.5. The molecule has 1 aliphatic heterocycles. The second kappa shape index (κ2) is 10.0. The molecule has 0 fully saturated rings. The van der Waals surface area contributed by atoms with E-state index in [1.807, 2.05) is 43.3 Å². The minimum absolute atomic E-state index is 0.200. The van der Waals surface area contributed by atoms with Crippen LogP contribution in [-0.2, 0) is 11.3 Å². The Morgan fingerprint density at radius 2 is 1.71 bits per heavy atom. The van der Waals surface area contributed by atoms with Crippen molar-refractivity contribution in [3.63, 3.8) is 0 Å². The quantitative estimate of drug-likeness (QED) is 0.477. The zero-order chi connectivity index (χ0) is 25.1. The summed E-state index contributed by atoms with van der Waals surface area (Å²) in [7, 11) is 0. The van der Waals surface area contributed by atoms with Crippen molar-refractivity contribution in [1.29, 1.82) is 0 Å². The molecule has 0 bridgehead atoms. The van der Waals surface area contributed by atoms with Gasteiger partial charge in [0, 0.05) is 17.8 Å². The lowest BCUT2D eigenvalue weighted by molar-refractivity contribution is -0.144. The number of para-hydroxylation sites is 1. The van der Waals surface area contributed by atoms with Crippen LogP contribution in [0.15, 0.2) is 66.7 Å². The summed E-state index contributed by atoms with van der Waals surface area (Å²) in [5.41, 5.74) is 4.16. The maximum absolute atomic E-state index is 13.0. The molecule has 3 aromatic carbocycles. The van der Waals surface area contributed by atoms with Crippen LogP contribution in [0.4, 0.5) is 5.69 Å². The Bertz CT molecular complexity index is 1270. The first-order valence-electron chi connectivity index (χ1n) is 11.6. The summed E-state index contributed by atoms with van der Waals surface area (Å²) in [5.74, 6) is -1.19. The molecule has 4 rings (SSSR count). The maximum atomic E-state index is 13.0. The summed E-state index contributed by atoms with van der Waals surface area (Å²) < 4.78 is 5.54. The Kier molecular flexibility index (Phi) is 6.87. The average molecular weight is 473 g/mol. The van der Waals surface area contributed by atoms with Gasteiger partial charge in [-0.1, -0.05) is 50.2 Å². The molecule has 0 saturated heterocycles. The maximum Gasteiger partial charge on any atom is 0.326 e. The molecule has 0 radical (unpaired) electrons. The summed E-state index contributed by atoms with van der Waals surface area (Å²) in [4.78, 5) is 38.9. The van der Waals surface area contributed by atoms with E-state index >= 15 is 0 Å². The van der Waals surface area contributed by atoms with E-state index < -0.39 is 12.0 Å². The predicted molar refractivity (Wildman–Crippen MR) is 134 cm³/mol. The van der Waals surface area contributed by atoms with Gasteiger partial charge >= 0.3 is 5.97 Å². The standard InChI is InChI=1S/C28H28N2O5/c1-4-35-24-8-6-5-7-22(24)26(31)29-21-13-11-18(12-14-21)19-9-10-20-16-30(27(32)23(20)15-19)25(17(2)3)28(33)34/h5-15,17,25H,4,16H2,1-3H3,(H,29,31)(H,33,34). The van der Waals surface area contributed by atoms with Gasteiger partial charge in [0.2, 0.25) is 0 Å². The number of anilines is 1. The van der Waals surface area contributed by atoms with Crippen LogP contribution in [0.1, 0.15) is 47.1 Å². The second-order valence-electron chi connectivity index (χ2n) is 8.79. The van der Waals surface area contributed by atoms with Crippen LogP contribution in [0.25, 0.3) is 11.1 Å². The number of hydrogen-bond acceptors (Lipinski definition) is 4. The number of carbonyl (C=O) groups is 3. The Balaban J connectivity index is 1.51. The molecule has 3 aromatic rings. The lowest BCUT2D eigenvalue weighted by atomic mass is 10.00. The molecule has 0 spiro atoms. The molecule has 7 nitrogen and oxygen atoms in total. The Morgan fingerprint density at radius 1 is 1.03 bits per heavy atom. The number of nitrogens with one attached hydrogen (secondary N) is 1. The van der Waals surface area contributed by atoms with E-state index in [1.165, 1.54) is 4.90 Å². The molecule has 0 aromatic heterocycles. The molecule has 1 heterocycles. The first-order chi connectivity index (χ1) is 16.8. The Labute approximate surface area is 204 Å². The fraction of sp³-hybridized carbons (Fsp3) is 0.250. The zero-order valence-corrected chi connectivity index (χ0v) is 19.9. The van der Waals surface area contributed by atoms with Gasteiger partial charge in [-0.15, -0.1) is 0 Å². The highest BCUT2D eigenvalue weighted by molar-refractivity contribution is 6.06. The van der Waals surface area contributed by atoms with Crippen LogP contribution in [0.5, 0.6) is 5.75 Å². The van der Waals surface area contributed by atoms with Crippen LogP contribution in [0, 0.1) is 5.92 Å². The highest BCUT2D eigenvalue weighted by Crippen LogP contribution is 2.32. The third kappa shape index (κ3) is 4.89. The van der Waals surface area contributed by atoms with Crippen LogP contribution in [-0.4, -0.2) is 40.4 Å². The van der Waals surface area contributed by atoms with Crippen molar-refractivity contribution in [3.8, 4) is 16.9 Å². The summed E-state index contributed by atoms with van der Waals surface area (Å²) in [6.45, 7) is 6.23. The lowest BCUT2D eigenvalue weighted by Gasteiger charge is -2.27. The topological polar surface area (TPSA) is 95.9 Å². The van der Waals surface area contributed by atoms with Gasteiger partial charge < -0.3 is 20.1 Å². The van der Waals surface area contributed by atoms with Gasteiger partial charge in [-0.05, 0) is 59.9 Å². The lowest BCUT2D eigenvalue weighted by Crippen LogP contribution is -2.44. The first-order valence-corrected chi connectivity index (χ1v) is 11.6. The van der Waals surface area contributed by atoms with Crippen LogP contribution >= 0.6 is 0 Å². The van der Waals surface area contributed by atoms with Gasteiger partial charge in [-0.25, -0.2) is 4.79 Å². The number of nitrogens with zero attached hydrogens (tertiary/aromatic N) is 1. The van der Waals surface area contributed by atoms with Gasteiger partial charge in [0.05, 0.1) is 12.2 Å². The van der Waals surface area contributed by atoms with Crippen LogP contribution in [0.3, 0.4) is 0 Å². The van der Waals surface area contributed by atoms with E-state index in [2.05, 4.69) is 5.32 Å². The van der Waals surface area contributed by atoms with Crippen LogP contribution in [0.2, 0.25) is 0 Å². The number of benzene rings is 3. The van der Waals surface area contributed by atoms with E-state index in [9.17, 15) is 19.5 Å². The third-order valence-electron chi connectivity index (χ3n) is 6.07. The molecule has 7 heteroatoms. The minimum atomic E-state index is -0.997. The van der Waals surface area contributed by atoms with E-state index in [0.29, 0.717) is 29.2 Å². The van der Waals surface area contributed by atoms with Crippen molar-refractivity contribution in [3.05, 3.63) is 83.4 Å². The molecule has 2 amide bonds. The monoisotopic (exact) mass is 472 g/mol. The van der Waals surface area contributed by atoms with Crippen molar-refractivity contribution < 1.29 is 24.2 Å². The van der Waals surface area contributed by atoms with Crippen LogP contribution < -0.4 is 10.1 Å². The predicted octanol–water partition coefficient (Wildman–Crippen LogP) is 5.07. The van der Waals surface area contributed by atoms with Gasteiger partial charge in [0.15, 0.2) is 0 Å². The molecule has 180 valence electrons. The summed E-state index contributed by atoms with van der Waals surface area (Å²) >= 11 is 0. The number of carbonyl (C=O) groups excluding carboxylic acids is 2. The van der Waals surface area contributed by atoms with Gasteiger partial charge in [0.1, 0.15) is 11.8 Å². The zero-order valence-electron chi connectivity index (χ0n) is 19.9. The second-order valence-corrected chi connectivity index (χ2v) is 8.79. The number of carboxylic acids is 1. The van der Waals surface area contributed by atoms with Crippen molar-refractivity contribution in [2.75, 3.05) is 11.9 Å². The average Bonchev–Trinajstić information content (AvgIpc) is 3.15. The van der Waals surface area contributed by atoms with Gasteiger partial charge in [0.25, 0.3) is 11.8 Å². The van der Waals surface area contributed by atoms with Crippen molar-refractivity contribution >= 4 is 23.5 Å². The van der Waals surface area contributed by atoms with E-state index in [-0.39, 0.29) is 24.3 Å². The molecule has 1 aliphatic rings. The fourth-order valence-corrected chi connectivity index (χ4v) is 4.39. The minimum Gasteiger partial charge on any atom is -0.493 e. The number of hydrogen-bond donors (Lipinski definition) is 2. The number of rotatable bonds is 8. The number of carboxylic acid groups (broad SMARTS) is 1. The van der Waals surface area contributed by atoms with Gasteiger partial charge in [-0.2, -0.15) is 0 Å². The number of aliphatic carboxylic acids is 1. The number of amides is 2. The number of ether oxygens (including phenoxy) is 1. The third-order valence-corrected chi connectivity index (χ3v) is 6.07. The molecule has 2 N–H and O–H groups in total. The number of fused-ring (bicyclic) bond motifs is 1. The fourth-order valence-electron chi connectivity index (χ4n) is 4.39. The molecule has 1 unspecified atom stereocenters. The summed E-state index contributed by atoms with van der Waals surface area (Å²) in [6.07, 6.45) is 0. The summed E-state index contributed by atoms with van der Waals surface area (Å²) in [6, 6.07) is 19.2. The van der Waals surface area contributed by atoms with Crippen molar-refractivity contribution in [2.24, 2.45) is 5.92 Å². The van der Waals surface area contributed by atoms with Crippen molar-refractivity contribution in [2.45, 2.75) is 33.4 Å². The highest BCUT2D eigenvalue weighted by Gasteiger charge is 2.38. The molecular formula is C28H28N2O5. The highest BCUT2D eigenvalue weighted by atomic mass is 16.5. The molecule has 0 saturated carbocycles. The van der Waals surface area contributed by atoms with E-state index in [0.717, 1.165) is 16.7 Å². The SMILES string of the molecule is CCOc1ccccc1C(=O)Nc1ccc(-c2ccc3c(c2)C(=O)N(C(C(=O)O)C(C)C)C3)cc1. The Hall–Kier alpha value is -4.13. The first kappa shape index (κ1) is 24.0. The largest absolute Gasteiger partial charge is 0.493 e. The van der Waals surface area contributed by atoms with E-state index in [1.54, 1.807) is 44.2 Å². The Morgan fingerprint density at radius 3 is 2.37 bits per heavy atom. The normalized spacial score (nSPS) is 13.5. The smallest absolute Gasteiger partial charge is 0.326 e. The molecule has 0 aliphatic carbocycles. The molecule has 35 heavy (non-hydrogen) atoms. The van der Waals surface area contributed by atoms with Gasteiger partial charge in [-0.3, -0.25) is 9.59 Å². The molecular weight excluding hydrogens is 444 g/mol. The van der Waals surface area contributed by atoms with E-state index in [4.69, 9.17) is 4.74 Å². The molecule has 1 atom stereocenters.